The number of nitrogen functional groups attached to an aromatic ring is 1. The van der Waals surface area contributed by atoms with Crippen molar-refractivity contribution < 1.29 is 4.39 Å². The normalized spacial score (nSPS) is 24.6. The summed E-state index contributed by atoms with van der Waals surface area (Å²) in [6.07, 6.45) is 0.00163. The van der Waals surface area contributed by atoms with Crippen LogP contribution in [0.25, 0.3) is 0 Å². The van der Waals surface area contributed by atoms with E-state index in [0.717, 1.165) is 11.3 Å². The van der Waals surface area contributed by atoms with Crippen LogP contribution in [0.4, 0.5) is 10.1 Å². The molecule has 2 heteroatoms. The molecule has 0 radical (unpaired) electrons. The van der Waals surface area contributed by atoms with Gasteiger partial charge in [0.2, 0.25) is 0 Å². The Morgan fingerprint density at radius 2 is 1.88 bits per heavy atom. The highest BCUT2D eigenvalue weighted by atomic mass is 19.1. The van der Waals surface area contributed by atoms with Gasteiger partial charge in [0.25, 0.3) is 0 Å². The van der Waals surface area contributed by atoms with E-state index in [1.165, 1.54) is 11.1 Å². The summed E-state index contributed by atoms with van der Waals surface area (Å²) in [5, 5.41) is 0. The van der Waals surface area contributed by atoms with Gasteiger partial charge in [-0.15, -0.1) is 0 Å². The fourth-order valence-corrected chi connectivity index (χ4v) is 2.41. The zero-order valence-corrected chi connectivity index (χ0v) is 10.5. The number of benzene rings is 1. The number of anilines is 1. The molecule has 1 aliphatic rings. The molecule has 2 N–H and O–H groups in total. The molecule has 16 heavy (non-hydrogen) atoms. The highest BCUT2D eigenvalue weighted by molar-refractivity contribution is 5.53. The summed E-state index contributed by atoms with van der Waals surface area (Å²) < 4.78 is 13.2. The van der Waals surface area contributed by atoms with Gasteiger partial charge in [-0.1, -0.05) is 20.8 Å². The average Bonchev–Trinajstić information content (AvgIpc) is 2.84. The van der Waals surface area contributed by atoms with E-state index >= 15 is 0 Å². The van der Waals surface area contributed by atoms with Gasteiger partial charge in [0.1, 0.15) is 6.17 Å². The van der Waals surface area contributed by atoms with Crippen molar-refractivity contribution in [2.45, 2.75) is 51.6 Å². The molecule has 0 bridgehead atoms. The maximum atomic E-state index is 13.2. The Balaban J connectivity index is 2.51. The molecule has 1 saturated carbocycles. The number of alkyl halides is 1. The fourth-order valence-electron chi connectivity index (χ4n) is 2.41. The molecule has 2 unspecified atom stereocenters. The molecule has 0 spiro atoms. The Morgan fingerprint density at radius 1 is 1.31 bits per heavy atom. The molecule has 2 atom stereocenters. The Kier molecular flexibility index (Phi) is 2.48. The molecule has 1 nitrogen and oxygen atoms in total. The van der Waals surface area contributed by atoms with Crippen molar-refractivity contribution in [3.63, 3.8) is 0 Å². The van der Waals surface area contributed by atoms with Crippen molar-refractivity contribution in [3.05, 3.63) is 28.8 Å². The third-order valence-corrected chi connectivity index (χ3v) is 3.39. The van der Waals surface area contributed by atoms with Crippen LogP contribution >= 0.6 is 0 Å². The fraction of sp³-hybridized carbons (Fsp3) is 0.571. The minimum absolute atomic E-state index is 0.0644. The Morgan fingerprint density at radius 3 is 2.31 bits per heavy atom. The summed E-state index contributed by atoms with van der Waals surface area (Å²) in [5.41, 5.74) is 10.3. The summed E-state index contributed by atoms with van der Waals surface area (Å²) in [4.78, 5) is 0. The van der Waals surface area contributed by atoms with Gasteiger partial charge in [-0.3, -0.25) is 0 Å². The molecule has 0 saturated heterocycles. The van der Waals surface area contributed by atoms with Gasteiger partial charge in [-0.2, -0.15) is 0 Å². The van der Waals surface area contributed by atoms with E-state index < -0.39 is 6.17 Å². The van der Waals surface area contributed by atoms with E-state index in [-0.39, 0.29) is 11.3 Å². The lowest BCUT2D eigenvalue weighted by molar-refractivity contribution is 0.467. The molecule has 1 fully saturated rings. The predicted molar refractivity (Wildman–Crippen MR) is 66.5 cm³/mol. The Hall–Kier alpha value is -1.05. The smallest absolute Gasteiger partial charge is 0.108 e. The van der Waals surface area contributed by atoms with Crippen LogP contribution in [0.3, 0.4) is 0 Å². The first kappa shape index (κ1) is 11.4. The van der Waals surface area contributed by atoms with Gasteiger partial charge in [-0.25, -0.2) is 4.39 Å². The quantitative estimate of drug-likeness (QED) is 0.719. The standard InChI is InChI=1S/C14H20FN/c1-8-10(11-7-13(11)15)5-9(16)6-12(8)14(2,3)4/h5-6,11,13H,7,16H2,1-4H3. The van der Waals surface area contributed by atoms with Gasteiger partial charge in [-0.05, 0) is 47.6 Å². The summed E-state index contributed by atoms with van der Waals surface area (Å²) in [5.74, 6) is 0.0876. The van der Waals surface area contributed by atoms with Crippen LogP contribution in [0.1, 0.15) is 49.8 Å². The average molecular weight is 221 g/mol. The molecule has 1 aromatic carbocycles. The van der Waals surface area contributed by atoms with E-state index in [4.69, 9.17) is 5.73 Å². The topological polar surface area (TPSA) is 26.0 Å². The molecule has 0 amide bonds. The van der Waals surface area contributed by atoms with Crippen molar-refractivity contribution in [1.82, 2.24) is 0 Å². The number of rotatable bonds is 1. The second kappa shape index (κ2) is 3.47. The molecular weight excluding hydrogens is 201 g/mol. The molecule has 0 aliphatic heterocycles. The first-order valence-electron chi connectivity index (χ1n) is 5.85. The van der Waals surface area contributed by atoms with Gasteiger partial charge < -0.3 is 5.73 Å². The Labute approximate surface area is 96.9 Å². The largest absolute Gasteiger partial charge is 0.399 e. The number of hydrogen-bond donors (Lipinski definition) is 1. The number of hydrogen-bond acceptors (Lipinski definition) is 1. The first-order chi connectivity index (χ1) is 7.30. The maximum Gasteiger partial charge on any atom is 0.108 e. The number of nitrogens with two attached hydrogens (primary N) is 1. The van der Waals surface area contributed by atoms with E-state index in [2.05, 4.69) is 27.7 Å². The lowest BCUT2D eigenvalue weighted by atomic mass is 9.81. The highest BCUT2D eigenvalue weighted by Gasteiger charge is 2.40. The minimum atomic E-state index is -0.659. The van der Waals surface area contributed by atoms with Crippen molar-refractivity contribution in [2.75, 3.05) is 5.73 Å². The zero-order chi connectivity index (χ0) is 12.1. The van der Waals surface area contributed by atoms with Crippen LogP contribution in [0.15, 0.2) is 12.1 Å². The molecule has 2 rings (SSSR count). The van der Waals surface area contributed by atoms with Crippen molar-refractivity contribution in [2.24, 2.45) is 0 Å². The maximum absolute atomic E-state index is 13.2. The highest BCUT2D eigenvalue weighted by Crippen LogP contribution is 2.46. The molecular formula is C14H20FN. The van der Waals surface area contributed by atoms with Gasteiger partial charge in [0.15, 0.2) is 0 Å². The van der Waals surface area contributed by atoms with E-state index in [9.17, 15) is 4.39 Å². The molecule has 1 aliphatic carbocycles. The predicted octanol–water partition coefficient (Wildman–Crippen LogP) is 3.70. The Bertz CT molecular complexity index is 417. The van der Waals surface area contributed by atoms with Crippen LogP contribution < -0.4 is 5.73 Å². The van der Waals surface area contributed by atoms with Crippen LogP contribution in [0, 0.1) is 6.92 Å². The monoisotopic (exact) mass is 221 g/mol. The molecule has 0 aromatic heterocycles. The lowest BCUT2D eigenvalue weighted by Crippen LogP contribution is -2.15. The van der Waals surface area contributed by atoms with Crippen LogP contribution in [-0.4, -0.2) is 6.17 Å². The second-order valence-corrected chi connectivity index (χ2v) is 5.89. The summed E-state index contributed by atoms with van der Waals surface area (Å²) in [7, 11) is 0. The van der Waals surface area contributed by atoms with Gasteiger partial charge in [0, 0.05) is 11.6 Å². The van der Waals surface area contributed by atoms with E-state index in [1.807, 2.05) is 12.1 Å². The minimum Gasteiger partial charge on any atom is -0.399 e. The summed E-state index contributed by atoms with van der Waals surface area (Å²) in [6.45, 7) is 8.58. The first-order valence-corrected chi connectivity index (χ1v) is 5.85. The second-order valence-electron chi connectivity index (χ2n) is 5.89. The van der Waals surface area contributed by atoms with Crippen molar-refractivity contribution >= 4 is 5.69 Å². The number of halogens is 1. The SMILES string of the molecule is Cc1c(C2CC2F)cc(N)cc1C(C)(C)C. The zero-order valence-electron chi connectivity index (χ0n) is 10.5. The lowest BCUT2D eigenvalue weighted by Gasteiger charge is -2.24. The van der Waals surface area contributed by atoms with Crippen molar-refractivity contribution in [1.29, 1.82) is 0 Å². The molecule has 0 heterocycles. The molecule has 1 aromatic rings. The van der Waals surface area contributed by atoms with Crippen LogP contribution in [0.2, 0.25) is 0 Å². The van der Waals surface area contributed by atoms with Gasteiger partial charge >= 0.3 is 0 Å². The van der Waals surface area contributed by atoms with E-state index in [1.54, 1.807) is 0 Å². The van der Waals surface area contributed by atoms with Crippen molar-refractivity contribution in [3.8, 4) is 0 Å². The van der Waals surface area contributed by atoms with E-state index in [0.29, 0.717) is 6.42 Å². The third-order valence-electron chi connectivity index (χ3n) is 3.39. The molecule has 88 valence electrons. The summed E-state index contributed by atoms with van der Waals surface area (Å²) in [6, 6.07) is 3.96. The van der Waals surface area contributed by atoms with Gasteiger partial charge in [0.05, 0.1) is 0 Å². The van der Waals surface area contributed by atoms with Crippen LogP contribution in [0.5, 0.6) is 0 Å². The summed E-state index contributed by atoms with van der Waals surface area (Å²) >= 11 is 0. The van der Waals surface area contributed by atoms with Crippen LogP contribution in [-0.2, 0) is 5.41 Å². The third kappa shape index (κ3) is 1.93.